The lowest BCUT2D eigenvalue weighted by molar-refractivity contribution is 0.386. The predicted octanol–water partition coefficient (Wildman–Crippen LogP) is 1.85. The Balaban J connectivity index is 2.13. The summed E-state index contributed by atoms with van der Waals surface area (Å²) in [4.78, 5) is 4.37. The molecule has 1 aromatic rings. The average Bonchev–Trinajstić information content (AvgIpc) is 2.38. The molecule has 0 atom stereocenters. The van der Waals surface area contributed by atoms with E-state index in [1.54, 1.807) is 4.90 Å². The van der Waals surface area contributed by atoms with E-state index in [-0.39, 0.29) is 5.69 Å². The number of azide groups is 1. The van der Waals surface area contributed by atoms with Crippen LogP contribution in [0.1, 0.15) is 0 Å². The molecule has 1 aliphatic rings. The van der Waals surface area contributed by atoms with Gasteiger partial charge in [-0.1, -0.05) is 11.2 Å². The van der Waals surface area contributed by atoms with Crippen molar-refractivity contribution in [3.63, 3.8) is 0 Å². The third kappa shape index (κ3) is 3.19. The first-order valence-electron chi connectivity index (χ1n) is 5.96. The third-order valence-corrected chi connectivity index (χ3v) is 4.44. The average molecular weight is 299 g/mol. The summed E-state index contributed by atoms with van der Waals surface area (Å²) in [5.74, 6) is -0.484. The number of halogens is 1. The molecule has 0 unspecified atom stereocenters. The molecule has 2 rings (SSSR count). The van der Waals surface area contributed by atoms with Crippen molar-refractivity contribution in [3.8, 4) is 0 Å². The largest absolute Gasteiger partial charge is 0.367 e. The highest BCUT2D eigenvalue weighted by molar-refractivity contribution is 7.88. The summed E-state index contributed by atoms with van der Waals surface area (Å²) in [7, 11) is -3.20. The van der Waals surface area contributed by atoms with Crippen molar-refractivity contribution in [2.45, 2.75) is 0 Å². The van der Waals surface area contributed by atoms with Crippen LogP contribution >= 0.6 is 0 Å². The predicted molar refractivity (Wildman–Crippen MR) is 73.8 cm³/mol. The highest BCUT2D eigenvalue weighted by atomic mass is 32.2. The molecule has 1 heterocycles. The molecule has 1 fully saturated rings. The number of hydrogen-bond acceptors (Lipinski definition) is 4. The minimum atomic E-state index is -3.20. The quantitative estimate of drug-likeness (QED) is 0.484. The van der Waals surface area contributed by atoms with Crippen molar-refractivity contribution in [1.82, 2.24) is 4.31 Å². The Morgan fingerprint density at radius 2 is 1.95 bits per heavy atom. The first-order valence-corrected chi connectivity index (χ1v) is 7.81. The highest BCUT2D eigenvalue weighted by Crippen LogP contribution is 2.25. The van der Waals surface area contributed by atoms with Crippen LogP contribution in [0.2, 0.25) is 0 Å². The molecule has 0 saturated carbocycles. The molecular weight excluding hydrogens is 285 g/mol. The van der Waals surface area contributed by atoms with E-state index in [0.29, 0.717) is 31.9 Å². The second-order valence-corrected chi connectivity index (χ2v) is 6.46. The summed E-state index contributed by atoms with van der Waals surface area (Å²) >= 11 is 0. The van der Waals surface area contributed by atoms with Gasteiger partial charge < -0.3 is 4.90 Å². The van der Waals surface area contributed by atoms with Crippen LogP contribution in [0.4, 0.5) is 15.8 Å². The number of nitrogens with zero attached hydrogens (tertiary/aromatic N) is 5. The molecule has 0 N–H and O–H groups in total. The molecule has 7 nitrogen and oxygen atoms in total. The molecule has 1 aliphatic heterocycles. The summed E-state index contributed by atoms with van der Waals surface area (Å²) in [5.41, 5.74) is 8.89. The van der Waals surface area contributed by atoms with Crippen LogP contribution in [-0.2, 0) is 10.0 Å². The van der Waals surface area contributed by atoms with E-state index in [9.17, 15) is 12.8 Å². The number of anilines is 1. The van der Waals surface area contributed by atoms with Crippen LogP contribution < -0.4 is 4.90 Å². The van der Waals surface area contributed by atoms with Gasteiger partial charge in [-0.25, -0.2) is 12.8 Å². The van der Waals surface area contributed by atoms with Crippen molar-refractivity contribution in [3.05, 3.63) is 34.5 Å². The minimum Gasteiger partial charge on any atom is -0.367 e. The number of rotatable bonds is 3. The lowest BCUT2D eigenvalue weighted by Crippen LogP contribution is -2.48. The van der Waals surface area contributed by atoms with Gasteiger partial charge in [-0.2, -0.15) is 4.31 Å². The molecular formula is C11H14FN5O2S. The fraction of sp³-hybridized carbons (Fsp3) is 0.455. The van der Waals surface area contributed by atoms with Crippen LogP contribution in [0.15, 0.2) is 23.3 Å². The van der Waals surface area contributed by atoms with E-state index in [1.807, 2.05) is 0 Å². The Morgan fingerprint density at radius 1 is 1.30 bits per heavy atom. The van der Waals surface area contributed by atoms with Gasteiger partial charge >= 0.3 is 0 Å². The number of hydrogen-bond donors (Lipinski definition) is 0. The van der Waals surface area contributed by atoms with Gasteiger partial charge in [0.2, 0.25) is 10.0 Å². The van der Waals surface area contributed by atoms with Gasteiger partial charge in [-0.05, 0) is 17.7 Å². The van der Waals surface area contributed by atoms with Crippen molar-refractivity contribution >= 4 is 21.4 Å². The summed E-state index contributed by atoms with van der Waals surface area (Å²) in [6.45, 7) is 1.50. The minimum absolute atomic E-state index is 0.212. The number of benzene rings is 1. The van der Waals surface area contributed by atoms with Gasteiger partial charge in [0.15, 0.2) is 0 Å². The summed E-state index contributed by atoms with van der Waals surface area (Å²) in [6.07, 6.45) is 1.16. The summed E-state index contributed by atoms with van der Waals surface area (Å²) < 4.78 is 38.1. The highest BCUT2D eigenvalue weighted by Gasteiger charge is 2.24. The first kappa shape index (κ1) is 14.6. The van der Waals surface area contributed by atoms with E-state index in [4.69, 9.17) is 5.53 Å². The van der Waals surface area contributed by atoms with Crippen molar-refractivity contribution in [2.24, 2.45) is 5.11 Å². The molecule has 1 aromatic carbocycles. The van der Waals surface area contributed by atoms with Crippen molar-refractivity contribution in [2.75, 3.05) is 37.3 Å². The number of piperazine rings is 1. The van der Waals surface area contributed by atoms with Crippen LogP contribution in [0.5, 0.6) is 0 Å². The molecule has 1 saturated heterocycles. The second-order valence-electron chi connectivity index (χ2n) is 4.47. The van der Waals surface area contributed by atoms with Crippen LogP contribution in [0.3, 0.4) is 0 Å². The third-order valence-electron chi connectivity index (χ3n) is 3.14. The number of sulfonamides is 1. The lowest BCUT2D eigenvalue weighted by atomic mass is 10.2. The molecule has 0 radical (unpaired) electrons. The molecule has 0 aliphatic carbocycles. The molecule has 0 amide bonds. The van der Waals surface area contributed by atoms with Crippen LogP contribution in [0.25, 0.3) is 10.4 Å². The SMILES string of the molecule is CS(=O)(=O)N1CCN(c2ccc(N=[N+]=[N-])cc2F)CC1. The van der Waals surface area contributed by atoms with E-state index in [0.717, 1.165) is 12.3 Å². The molecule has 0 spiro atoms. The van der Waals surface area contributed by atoms with E-state index >= 15 is 0 Å². The topological polar surface area (TPSA) is 89.4 Å². The van der Waals surface area contributed by atoms with Gasteiger partial charge in [-0.15, -0.1) is 0 Å². The van der Waals surface area contributed by atoms with Gasteiger partial charge in [0.25, 0.3) is 0 Å². The second kappa shape index (κ2) is 5.66. The molecule has 0 bridgehead atoms. The van der Waals surface area contributed by atoms with E-state index < -0.39 is 15.8 Å². The Hall–Kier alpha value is -1.83. The molecule has 9 heteroatoms. The Morgan fingerprint density at radius 3 is 2.45 bits per heavy atom. The molecule has 108 valence electrons. The normalized spacial score (nSPS) is 16.8. The summed E-state index contributed by atoms with van der Waals surface area (Å²) in [6, 6.07) is 4.23. The zero-order valence-corrected chi connectivity index (χ0v) is 11.7. The van der Waals surface area contributed by atoms with Crippen LogP contribution in [0, 0.1) is 5.82 Å². The van der Waals surface area contributed by atoms with Crippen molar-refractivity contribution in [1.29, 1.82) is 0 Å². The summed E-state index contributed by atoms with van der Waals surface area (Å²) in [5, 5.41) is 3.33. The monoisotopic (exact) mass is 299 g/mol. The maximum absolute atomic E-state index is 13.9. The molecule has 20 heavy (non-hydrogen) atoms. The molecule has 0 aromatic heterocycles. The van der Waals surface area contributed by atoms with Gasteiger partial charge in [0, 0.05) is 36.8 Å². The smallest absolute Gasteiger partial charge is 0.211 e. The maximum atomic E-state index is 13.9. The standard InChI is InChI=1S/C11H14FN5O2S/c1-20(18,19)17-6-4-16(5-7-17)11-3-2-9(14-15-13)8-10(11)12/h2-3,8H,4-7H2,1H3. The fourth-order valence-electron chi connectivity index (χ4n) is 2.13. The van der Waals surface area contributed by atoms with Gasteiger partial charge in [-0.3, -0.25) is 0 Å². The van der Waals surface area contributed by atoms with E-state index in [2.05, 4.69) is 10.0 Å². The van der Waals surface area contributed by atoms with Crippen LogP contribution in [-0.4, -0.2) is 45.2 Å². The maximum Gasteiger partial charge on any atom is 0.211 e. The van der Waals surface area contributed by atoms with E-state index in [1.165, 1.54) is 16.4 Å². The lowest BCUT2D eigenvalue weighted by Gasteiger charge is -2.34. The Kier molecular flexibility index (Phi) is 4.12. The van der Waals surface area contributed by atoms with Crippen molar-refractivity contribution < 1.29 is 12.8 Å². The Bertz CT molecular complexity index is 649. The first-order chi connectivity index (χ1) is 9.41. The zero-order valence-electron chi connectivity index (χ0n) is 10.9. The van der Waals surface area contributed by atoms with Gasteiger partial charge in [0.1, 0.15) is 5.82 Å². The fourth-order valence-corrected chi connectivity index (χ4v) is 2.95. The van der Waals surface area contributed by atoms with Gasteiger partial charge in [0.05, 0.1) is 11.9 Å². The Labute approximate surface area is 116 Å². The zero-order chi connectivity index (χ0) is 14.8.